The molecule has 0 radical (unpaired) electrons. The lowest BCUT2D eigenvalue weighted by atomic mass is 10.1. The summed E-state index contributed by atoms with van der Waals surface area (Å²) in [7, 11) is 3.17. The van der Waals surface area contributed by atoms with E-state index in [9.17, 15) is 14.9 Å². The Kier molecular flexibility index (Phi) is 4.95. The Morgan fingerprint density at radius 2 is 1.96 bits per heavy atom. The molecule has 0 heterocycles. The zero-order valence-electron chi connectivity index (χ0n) is 13.3. The summed E-state index contributed by atoms with van der Waals surface area (Å²) >= 11 is 0. The molecule has 0 spiro atoms. The lowest BCUT2D eigenvalue weighted by Crippen LogP contribution is -2.26. The summed E-state index contributed by atoms with van der Waals surface area (Å²) in [5.41, 5.74) is 1.92. The van der Waals surface area contributed by atoms with Crippen LogP contribution in [0.25, 0.3) is 0 Å². The molecule has 0 N–H and O–H groups in total. The molecule has 0 aliphatic heterocycles. The fourth-order valence-corrected chi connectivity index (χ4v) is 2.32. The largest absolute Gasteiger partial charge is 0.496 e. The number of hydrogen-bond donors (Lipinski definition) is 0. The molecule has 23 heavy (non-hydrogen) atoms. The third-order valence-electron chi connectivity index (χ3n) is 3.60. The maximum absolute atomic E-state index is 12.5. The topological polar surface area (TPSA) is 72.7 Å². The number of rotatable bonds is 5. The van der Waals surface area contributed by atoms with E-state index in [2.05, 4.69) is 0 Å². The molecule has 6 nitrogen and oxygen atoms in total. The lowest BCUT2D eigenvalue weighted by molar-refractivity contribution is -0.385. The van der Waals surface area contributed by atoms with Crippen molar-refractivity contribution in [3.63, 3.8) is 0 Å². The van der Waals surface area contributed by atoms with Crippen molar-refractivity contribution < 1.29 is 14.5 Å². The normalized spacial score (nSPS) is 10.2. The molecule has 2 rings (SSSR count). The van der Waals surface area contributed by atoms with E-state index in [1.807, 2.05) is 13.0 Å². The van der Waals surface area contributed by atoms with Gasteiger partial charge in [-0.15, -0.1) is 0 Å². The molecule has 120 valence electrons. The van der Waals surface area contributed by atoms with E-state index in [1.165, 1.54) is 11.0 Å². The average Bonchev–Trinajstić information content (AvgIpc) is 2.54. The zero-order valence-corrected chi connectivity index (χ0v) is 13.3. The molecule has 0 aliphatic rings. The second-order valence-electron chi connectivity index (χ2n) is 5.23. The monoisotopic (exact) mass is 314 g/mol. The summed E-state index contributed by atoms with van der Waals surface area (Å²) in [6.45, 7) is 2.05. The third-order valence-corrected chi connectivity index (χ3v) is 3.60. The first-order valence-corrected chi connectivity index (χ1v) is 7.06. The number of nitro benzene ring substituents is 1. The van der Waals surface area contributed by atoms with Crippen molar-refractivity contribution in [3.05, 3.63) is 69.3 Å². The summed E-state index contributed by atoms with van der Waals surface area (Å²) in [6.07, 6.45) is 0. The maximum Gasteiger partial charge on any atom is 0.274 e. The van der Waals surface area contributed by atoms with Crippen molar-refractivity contribution in [1.29, 1.82) is 0 Å². The second kappa shape index (κ2) is 6.91. The smallest absolute Gasteiger partial charge is 0.274 e. The van der Waals surface area contributed by atoms with Gasteiger partial charge in [0.15, 0.2) is 0 Å². The first-order valence-electron chi connectivity index (χ1n) is 7.06. The number of benzene rings is 2. The van der Waals surface area contributed by atoms with E-state index in [0.717, 1.165) is 5.56 Å². The average molecular weight is 314 g/mol. The number of nitrogens with zero attached hydrogens (tertiary/aromatic N) is 2. The van der Waals surface area contributed by atoms with Crippen molar-refractivity contribution >= 4 is 11.6 Å². The Hall–Kier alpha value is -2.89. The Balaban J connectivity index is 2.22. The van der Waals surface area contributed by atoms with Gasteiger partial charge in [-0.3, -0.25) is 14.9 Å². The lowest BCUT2D eigenvalue weighted by Gasteiger charge is -2.18. The van der Waals surface area contributed by atoms with Crippen LogP contribution in [0.4, 0.5) is 5.69 Å². The van der Waals surface area contributed by atoms with Crippen LogP contribution in [0.5, 0.6) is 5.75 Å². The standard InChI is InChI=1S/C17H18N2O4/c1-12-8-9-13(10-16(12)23-3)17(20)18(2)11-14-6-4-5-7-15(14)19(21)22/h4-10H,11H2,1-3H3. The van der Waals surface area contributed by atoms with Crippen LogP contribution in [0.15, 0.2) is 42.5 Å². The summed E-state index contributed by atoms with van der Waals surface area (Å²) in [5.74, 6) is 0.413. The summed E-state index contributed by atoms with van der Waals surface area (Å²) < 4.78 is 5.22. The number of nitro groups is 1. The van der Waals surface area contributed by atoms with E-state index in [1.54, 1.807) is 44.5 Å². The van der Waals surface area contributed by atoms with Gasteiger partial charge in [-0.1, -0.05) is 24.3 Å². The zero-order chi connectivity index (χ0) is 17.0. The van der Waals surface area contributed by atoms with Gasteiger partial charge >= 0.3 is 0 Å². The molecule has 0 saturated heterocycles. The summed E-state index contributed by atoms with van der Waals surface area (Å²) in [6, 6.07) is 11.6. The minimum Gasteiger partial charge on any atom is -0.496 e. The van der Waals surface area contributed by atoms with Gasteiger partial charge in [-0.25, -0.2) is 0 Å². The van der Waals surface area contributed by atoms with Gasteiger partial charge in [0.2, 0.25) is 0 Å². The Bertz CT molecular complexity index is 743. The maximum atomic E-state index is 12.5. The predicted octanol–water partition coefficient (Wildman–Crippen LogP) is 3.18. The van der Waals surface area contributed by atoms with Gasteiger partial charge in [0.25, 0.3) is 11.6 Å². The molecule has 1 amide bonds. The fraction of sp³-hybridized carbons (Fsp3) is 0.235. The van der Waals surface area contributed by atoms with Crippen LogP contribution in [0.3, 0.4) is 0 Å². The van der Waals surface area contributed by atoms with Crippen molar-refractivity contribution in [2.45, 2.75) is 13.5 Å². The molecule has 0 fully saturated rings. The van der Waals surface area contributed by atoms with Crippen molar-refractivity contribution in [1.82, 2.24) is 4.90 Å². The third kappa shape index (κ3) is 3.66. The van der Waals surface area contributed by atoms with E-state index >= 15 is 0 Å². The van der Waals surface area contributed by atoms with Crippen LogP contribution >= 0.6 is 0 Å². The van der Waals surface area contributed by atoms with Gasteiger partial charge in [-0.2, -0.15) is 0 Å². The molecule has 6 heteroatoms. The van der Waals surface area contributed by atoms with Crippen LogP contribution in [-0.4, -0.2) is 29.9 Å². The molecule has 0 aliphatic carbocycles. The summed E-state index contributed by atoms with van der Waals surface area (Å²) in [4.78, 5) is 24.6. The fourth-order valence-electron chi connectivity index (χ4n) is 2.32. The minimum atomic E-state index is -0.442. The molecule has 2 aromatic carbocycles. The quantitative estimate of drug-likeness (QED) is 0.627. The van der Waals surface area contributed by atoms with Gasteiger partial charge in [-0.05, 0) is 24.6 Å². The van der Waals surface area contributed by atoms with Crippen LogP contribution < -0.4 is 4.74 Å². The number of carbonyl (C=O) groups excluding carboxylic acids is 1. The Morgan fingerprint density at radius 1 is 1.26 bits per heavy atom. The highest BCUT2D eigenvalue weighted by atomic mass is 16.6. The van der Waals surface area contributed by atoms with Crippen LogP contribution in [-0.2, 0) is 6.54 Å². The van der Waals surface area contributed by atoms with E-state index in [0.29, 0.717) is 16.9 Å². The molecule has 0 bridgehead atoms. The van der Waals surface area contributed by atoms with Crippen LogP contribution in [0, 0.1) is 17.0 Å². The molecular formula is C17H18N2O4. The predicted molar refractivity (Wildman–Crippen MR) is 86.6 cm³/mol. The number of methoxy groups -OCH3 is 1. The second-order valence-corrected chi connectivity index (χ2v) is 5.23. The highest BCUT2D eigenvalue weighted by Crippen LogP contribution is 2.22. The number of para-hydroxylation sites is 1. The van der Waals surface area contributed by atoms with Gasteiger partial charge in [0.1, 0.15) is 5.75 Å². The highest BCUT2D eigenvalue weighted by molar-refractivity contribution is 5.94. The van der Waals surface area contributed by atoms with E-state index < -0.39 is 4.92 Å². The van der Waals surface area contributed by atoms with E-state index in [-0.39, 0.29) is 18.1 Å². The molecule has 0 aromatic heterocycles. The van der Waals surface area contributed by atoms with Gasteiger partial charge < -0.3 is 9.64 Å². The first-order chi connectivity index (χ1) is 10.9. The highest BCUT2D eigenvalue weighted by Gasteiger charge is 2.18. The number of amides is 1. The Morgan fingerprint density at radius 3 is 2.61 bits per heavy atom. The van der Waals surface area contributed by atoms with E-state index in [4.69, 9.17) is 4.74 Å². The van der Waals surface area contributed by atoms with Crippen molar-refractivity contribution in [2.75, 3.05) is 14.2 Å². The SMILES string of the molecule is COc1cc(C(=O)N(C)Cc2ccccc2[N+](=O)[O-])ccc1C. The molecule has 0 unspecified atom stereocenters. The number of ether oxygens (including phenoxy) is 1. The van der Waals surface area contributed by atoms with Crippen LogP contribution in [0.1, 0.15) is 21.5 Å². The molecule has 0 saturated carbocycles. The summed E-state index contributed by atoms with van der Waals surface area (Å²) in [5, 5.41) is 11.0. The van der Waals surface area contributed by atoms with Crippen molar-refractivity contribution in [2.24, 2.45) is 0 Å². The van der Waals surface area contributed by atoms with Gasteiger partial charge in [0, 0.05) is 24.2 Å². The first kappa shape index (κ1) is 16.5. The number of carbonyl (C=O) groups is 1. The molecule has 0 atom stereocenters. The molecule has 2 aromatic rings. The minimum absolute atomic E-state index is 0.00800. The Labute approximate surface area is 134 Å². The molecular weight excluding hydrogens is 296 g/mol. The number of aryl methyl sites for hydroxylation is 1. The van der Waals surface area contributed by atoms with Crippen LogP contribution in [0.2, 0.25) is 0 Å². The van der Waals surface area contributed by atoms with Crippen molar-refractivity contribution in [3.8, 4) is 5.75 Å². The number of hydrogen-bond acceptors (Lipinski definition) is 4. The van der Waals surface area contributed by atoms with Gasteiger partial charge in [0.05, 0.1) is 18.6 Å².